The molecule has 0 radical (unpaired) electrons. The number of aryl methyl sites for hydroxylation is 1. The Morgan fingerprint density at radius 3 is 2.42 bits per heavy atom. The molecule has 1 aromatic carbocycles. The normalized spacial score (nSPS) is 10.3. The second-order valence-corrected chi connectivity index (χ2v) is 3.86. The molecule has 1 aromatic heterocycles. The molecule has 0 amide bonds. The maximum Gasteiger partial charge on any atom is 0.223 e. The fourth-order valence-electron chi connectivity index (χ4n) is 1.70. The van der Waals surface area contributed by atoms with Crippen LogP contribution in [0.3, 0.4) is 0 Å². The molecule has 100 valence electrons. The smallest absolute Gasteiger partial charge is 0.223 e. The Bertz CT molecular complexity index is 587. The van der Waals surface area contributed by atoms with Crippen LogP contribution in [0.1, 0.15) is 12.7 Å². The highest BCUT2D eigenvalue weighted by atomic mass is 16.5. The lowest BCUT2D eigenvalue weighted by molar-refractivity contribution is 0.355. The Morgan fingerprint density at radius 2 is 1.79 bits per heavy atom. The minimum absolute atomic E-state index is 0.219. The zero-order valence-corrected chi connectivity index (χ0v) is 11.2. The highest BCUT2D eigenvalue weighted by Crippen LogP contribution is 2.31. The van der Waals surface area contributed by atoms with E-state index in [0.717, 1.165) is 5.56 Å². The third-order valence-electron chi connectivity index (χ3n) is 2.66. The molecule has 19 heavy (non-hydrogen) atoms. The number of methoxy groups -OCH3 is 2. The van der Waals surface area contributed by atoms with E-state index in [4.69, 9.17) is 15.2 Å². The van der Waals surface area contributed by atoms with Crippen LogP contribution < -0.4 is 15.2 Å². The van der Waals surface area contributed by atoms with Gasteiger partial charge in [0.1, 0.15) is 5.82 Å². The Hall–Kier alpha value is -2.37. The molecular formula is C13H16N4O2. The van der Waals surface area contributed by atoms with Gasteiger partial charge in [-0.3, -0.25) is 0 Å². The van der Waals surface area contributed by atoms with E-state index in [9.17, 15) is 0 Å². The third-order valence-corrected chi connectivity index (χ3v) is 2.66. The molecule has 2 rings (SSSR count). The zero-order valence-electron chi connectivity index (χ0n) is 11.2. The van der Waals surface area contributed by atoms with Crippen molar-refractivity contribution in [2.45, 2.75) is 13.3 Å². The van der Waals surface area contributed by atoms with E-state index in [-0.39, 0.29) is 5.95 Å². The van der Waals surface area contributed by atoms with Crippen LogP contribution in [0.4, 0.5) is 5.95 Å². The van der Waals surface area contributed by atoms with Gasteiger partial charge in [-0.25, -0.2) is 4.98 Å². The van der Waals surface area contributed by atoms with Crippen molar-refractivity contribution in [3.8, 4) is 22.9 Å². The maximum absolute atomic E-state index is 5.68. The van der Waals surface area contributed by atoms with Gasteiger partial charge in [0.05, 0.1) is 14.2 Å². The molecule has 2 aromatic rings. The molecule has 1 heterocycles. The number of nitrogens with zero attached hydrogens (tertiary/aromatic N) is 3. The first-order valence-electron chi connectivity index (χ1n) is 5.90. The minimum atomic E-state index is 0.219. The van der Waals surface area contributed by atoms with Crippen molar-refractivity contribution in [2.75, 3.05) is 20.0 Å². The van der Waals surface area contributed by atoms with Gasteiger partial charge in [0.15, 0.2) is 17.3 Å². The average molecular weight is 260 g/mol. The fraction of sp³-hybridized carbons (Fsp3) is 0.308. The fourth-order valence-corrected chi connectivity index (χ4v) is 1.70. The van der Waals surface area contributed by atoms with E-state index in [1.807, 2.05) is 19.1 Å². The lowest BCUT2D eigenvalue weighted by Crippen LogP contribution is -2.04. The predicted octanol–water partition coefficient (Wildman–Crippen LogP) is 1.70. The zero-order chi connectivity index (χ0) is 13.8. The standard InChI is InChI=1S/C13H16N4O2/c1-4-11-15-12(17-13(14)16-11)8-5-6-9(18-2)10(7-8)19-3/h5-7H,4H2,1-3H3,(H2,14,15,16,17). The Labute approximate surface area is 111 Å². The number of rotatable bonds is 4. The van der Waals surface area contributed by atoms with Gasteiger partial charge >= 0.3 is 0 Å². The molecule has 0 bridgehead atoms. The van der Waals surface area contributed by atoms with Gasteiger partial charge in [-0.05, 0) is 18.2 Å². The summed E-state index contributed by atoms with van der Waals surface area (Å²) in [5.74, 6) is 2.69. The molecule has 6 heteroatoms. The molecule has 2 N–H and O–H groups in total. The molecule has 0 aliphatic heterocycles. The summed E-state index contributed by atoms with van der Waals surface area (Å²) in [6.07, 6.45) is 0.701. The monoisotopic (exact) mass is 260 g/mol. The summed E-state index contributed by atoms with van der Waals surface area (Å²) in [5.41, 5.74) is 6.49. The summed E-state index contributed by atoms with van der Waals surface area (Å²) < 4.78 is 10.5. The molecule has 0 aliphatic rings. The molecule has 0 saturated heterocycles. The molecule has 0 unspecified atom stereocenters. The summed E-state index contributed by atoms with van der Waals surface area (Å²) in [6.45, 7) is 1.97. The van der Waals surface area contributed by atoms with E-state index >= 15 is 0 Å². The van der Waals surface area contributed by atoms with Gasteiger partial charge in [0.25, 0.3) is 0 Å². The van der Waals surface area contributed by atoms with E-state index in [1.165, 1.54) is 0 Å². The van der Waals surface area contributed by atoms with Crippen LogP contribution >= 0.6 is 0 Å². The maximum atomic E-state index is 5.68. The first kappa shape index (κ1) is 13.1. The molecule has 0 aliphatic carbocycles. The molecule has 0 fully saturated rings. The summed E-state index contributed by atoms with van der Waals surface area (Å²) in [7, 11) is 3.18. The largest absolute Gasteiger partial charge is 0.493 e. The van der Waals surface area contributed by atoms with E-state index < -0.39 is 0 Å². The second-order valence-electron chi connectivity index (χ2n) is 3.86. The van der Waals surface area contributed by atoms with Crippen molar-refractivity contribution in [3.05, 3.63) is 24.0 Å². The van der Waals surface area contributed by atoms with Crippen LogP contribution in [0.2, 0.25) is 0 Å². The number of nitrogen functional groups attached to an aromatic ring is 1. The van der Waals surface area contributed by atoms with Gasteiger partial charge in [-0.1, -0.05) is 6.92 Å². The molecule has 6 nitrogen and oxygen atoms in total. The van der Waals surface area contributed by atoms with Crippen molar-refractivity contribution in [1.82, 2.24) is 15.0 Å². The first-order valence-corrected chi connectivity index (χ1v) is 5.90. The van der Waals surface area contributed by atoms with Gasteiger partial charge in [-0.15, -0.1) is 0 Å². The number of ether oxygens (including phenoxy) is 2. The van der Waals surface area contributed by atoms with Crippen molar-refractivity contribution in [3.63, 3.8) is 0 Å². The van der Waals surface area contributed by atoms with Gasteiger partial charge in [0.2, 0.25) is 5.95 Å². The number of benzene rings is 1. The first-order chi connectivity index (χ1) is 9.17. The third kappa shape index (κ3) is 2.73. The van der Waals surface area contributed by atoms with Crippen LogP contribution in [0, 0.1) is 0 Å². The number of anilines is 1. The van der Waals surface area contributed by atoms with Crippen LogP contribution in [-0.2, 0) is 6.42 Å². The van der Waals surface area contributed by atoms with Crippen LogP contribution in [0.15, 0.2) is 18.2 Å². The van der Waals surface area contributed by atoms with Crippen molar-refractivity contribution in [2.24, 2.45) is 0 Å². The summed E-state index contributed by atoms with van der Waals surface area (Å²) in [6, 6.07) is 5.47. The molecule has 0 spiro atoms. The highest BCUT2D eigenvalue weighted by Gasteiger charge is 2.10. The predicted molar refractivity (Wildman–Crippen MR) is 72.2 cm³/mol. The van der Waals surface area contributed by atoms with Crippen LogP contribution in [0.25, 0.3) is 11.4 Å². The number of aromatic nitrogens is 3. The molecular weight excluding hydrogens is 244 g/mol. The van der Waals surface area contributed by atoms with Crippen molar-refractivity contribution in [1.29, 1.82) is 0 Å². The van der Waals surface area contributed by atoms with E-state index in [1.54, 1.807) is 20.3 Å². The average Bonchev–Trinajstić information content (AvgIpc) is 2.45. The lowest BCUT2D eigenvalue weighted by Gasteiger charge is -2.09. The number of nitrogens with two attached hydrogens (primary N) is 1. The van der Waals surface area contributed by atoms with Crippen molar-refractivity contribution >= 4 is 5.95 Å². The highest BCUT2D eigenvalue weighted by molar-refractivity contribution is 5.61. The minimum Gasteiger partial charge on any atom is -0.493 e. The molecule has 0 saturated carbocycles. The number of hydrogen-bond acceptors (Lipinski definition) is 6. The topological polar surface area (TPSA) is 83.2 Å². The second kappa shape index (κ2) is 5.51. The lowest BCUT2D eigenvalue weighted by atomic mass is 10.2. The van der Waals surface area contributed by atoms with E-state index in [2.05, 4.69) is 15.0 Å². The van der Waals surface area contributed by atoms with E-state index in [0.29, 0.717) is 29.6 Å². The van der Waals surface area contributed by atoms with Crippen LogP contribution in [-0.4, -0.2) is 29.2 Å². The van der Waals surface area contributed by atoms with Crippen LogP contribution in [0.5, 0.6) is 11.5 Å². The Kier molecular flexibility index (Phi) is 3.79. The number of hydrogen-bond donors (Lipinski definition) is 1. The van der Waals surface area contributed by atoms with Gasteiger partial charge < -0.3 is 15.2 Å². The summed E-state index contributed by atoms with van der Waals surface area (Å²) in [5, 5.41) is 0. The summed E-state index contributed by atoms with van der Waals surface area (Å²) in [4.78, 5) is 12.6. The summed E-state index contributed by atoms with van der Waals surface area (Å²) >= 11 is 0. The Balaban J connectivity index is 2.49. The van der Waals surface area contributed by atoms with Gasteiger partial charge in [0, 0.05) is 12.0 Å². The SMILES string of the molecule is CCc1nc(N)nc(-c2ccc(OC)c(OC)c2)n1. The van der Waals surface area contributed by atoms with Gasteiger partial charge in [-0.2, -0.15) is 9.97 Å². The quantitative estimate of drug-likeness (QED) is 0.900. The molecule has 0 atom stereocenters. The Morgan fingerprint density at radius 1 is 1.05 bits per heavy atom. The van der Waals surface area contributed by atoms with Crippen molar-refractivity contribution < 1.29 is 9.47 Å².